The van der Waals surface area contributed by atoms with Gasteiger partial charge in [-0.25, -0.2) is 0 Å². The van der Waals surface area contributed by atoms with Gasteiger partial charge in [-0.3, -0.25) is 14.5 Å². The Labute approximate surface area is 200 Å². The highest BCUT2D eigenvalue weighted by molar-refractivity contribution is 5.95. The number of carbonyl (C=O) groups excluding carboxylic acids is 2. The SMILES string of the molecule is COc1ccc2cc1OCCCCN(C(=O)c1ccc[nH]1)CC(=O)NC[C@H]1C[C@H]2N2CCC[C@@H]12. The molecule has 182 valence electrons. The van der Waals surface area contributed by atoms with E-state index in [1.165, 1.54) is 12.0 Å². The van der Waals surface area contributed by atoms with Crippen LogP contribution in [0.15, 0.2) is 36.5 Å². The fraction of sp³-hybridized carbons (Fsp3) is 0.538. The molecule has 0 spiro atoms. The van der Waals surface area contributed by atoms with E-state index in [9.17, 15) is 9.59 Å². The van der Waals surface area contributed by atoms with E-state index in [4.69, 9.17) is 9.47 Å². The number of aromatic nitrogens is 1. The first-order chi connectivity index (χ1) is 16.6. The van der Waals surface area contributed by atoms with Crippen LogP contribution in [0.4, 0.5) is 0 Å². The van der Waals surface area contributed by atoms with Gasteiger partial charge in [-0.1, -0.05) is 6.07 Å². The molecule has 3 atom stereocenters. The zero-order valence-corrected chi connectivity index (χ0v) is 19.8. The molecule has 5 rings (SSSR count). The molecular weight excluding hydrogens is 432 g/mol. The molecular formula is C26H34N4O4. The number of benzene rings is 1. The molecule has 4 heterocycles. The number of aromatic amines is 1. The van der Waals surface area contributed by atoms with Crippen molar-refractivity contribution in [3.05, 3.63) is 47.8 Å². The number of hydrogen-bond acceptors (Lipinski definition) is 5. The Bertz CT molecular complexity index is 1010. The Morgan fingerprint density at radius 2 is 2.09 bits per heavy atom. The van der Waals surface area contributed by atoms with Crippen molar-refractivity contribution < 1.29 is 19.1 Å². The largest absolute Gasteiger partial charge is 0.493 e. The van der Waals surface area contributed by atoms with Gasteiger partial charge in [0.1, 0.15) is 5.69 Å². The standard InChI is InChI=1S/C26H34N4O4/c1-33-23-9-8-18-15-24(23)34-13-3-2-11-29(26(32)20-6-4-10-27-20)17-25(31)28-16-19-14-22(18)30-12-5-7-21(19)30/h4,6,8-10,15,19,21-22,27H,2-3,5,7,11-14,16-17H2,1H3,(H,28,31)/t19-,21+,22-/m1/s1. The van der Waals surface area contributed by atoms with Crippen LogP contribution in [0.1, 0.15) is 54.2 Å². The van der Waals surface area contributed by atoms with Crippen LogP contribution in [0.5, 0.6) is 11.5 Å². The maximum atomic E-state index is 13.0. The lowest BCUT2D eigenvalue weighted by Crippen LogP contribution is -2.43. The smallest absolute Gasteiger partial charge is 0.270 e. The summed E-state index contributed by atoms with van der Waals surface area (Å²) in [4.78, 5) is 33.1. The van der Waals surface area contributed by atoms with E-state index in [-0.39, 0.29) is 18.4 Å². The number of H-pyrrole nitrogens is 1. The van der Waals surface area contributed by atoms with Gasteiger partial charge in [0, 0.05) is 31.4 Å². The number of amides is 2. The monoisotopic (exact) mass is 466 g/mol. The summed E-state index contributed by atoms with van der Waals surface area (Å²) in [6, 6.07) is 10.6. The molecule has 8 nitrogen and oxygen atoms in total. The van der Waals surface area contributed by atoms with Gasteiger partial charge in [0.25, 0.3) is 5.91 Å². The van der Waals surface area contributed by atoms with E-state index in [1.54, 1.807) is 30.3 Å². The van der Waals surface area contributed by atoms with Gasteiger partial charge >= 0.3 is 0 Å². The Kier molecular flexibility index (Phi) is 6.76. The second kappa shape index (κ2) is 10.1. The molecule has 3 aliphatic heterocycles. The molecule has 8 heteroatoms. The second-order valence-corrected chi connectivity index (χ2v) is 9.54. The molecule has 2 N–H and O–H groups in total. The van der Waals surface area contributed by atoms with Gasteiger partial charge < -0.3 is 24.7 Å². The van der Waals surface area contributed by atoms with Crippen LogP contribution >= 0.6 is 0 Å². The summed E-state index contributed by atoms with van der Waals surface area (Å²) >= 11 is 0. The van der Waals surface area contributed by atoms with E-state index in [1.807, 2.05) is 6.07 Å². The first-order valence-corrected chi connectivity index (χ1v) is 12.4. The number of fused-ring (bicyclic) bond motifs is 8. The molecule has 2 fully saturated rings. The van der Waals surface area contributed by atoms with Crippen molar-refractivity contribution in [3.8, 4) is 11.5 Å². The van der Waals surface area contributed by atoms with E-state index < -0.39 is 0 Å². The van der Waals surface area contributed by atoms with Gasteiger partial charge in [-0.2, -0.15) is 0 Å². The lowest BCUT2D eigenvalue weighted by Gasteiger charge is -2.25. The number of rotatable bonds is 2. The predicted molar refractivity (Wildman–Crippen MR) is 128 cm³/mol. The lowest BCUT2D eigenvalue weighted by atomic mass is 9.94. The van der Waals surface area contributed by atoms with E-state index in [2.05, 4.69) is 27.3 Å². The Morgan fingerprint density at radius 1 is 1.18 bits per heavy atom. The summed E-state index contributed by atoms with van der Waals surface area (Å²) in [5.41, 5.74) is 1.76. The minimum Gasteiger partial charge on any atom is -0.493 e. The van der Waals surface area contributed by atoms with Crippen molar-refractivity contribution in [1.82, 2.24) is 20.1 Å². The fourth-order valence-corrected chi connectivity index (χ4v) is 5.79. The molecule has 0 aliphatic carbocycles. The molecule has 1 aromatic carbocycles. The second-order valence-electron chi connectivity index (χ2n) is 9.54. The molecule has 4 bridgehead atoms. The highest BCUT2D eigenvalue weighted by Gasteiger charge is 2.44. The van der Waals surface area contributed by atoms with Crippen LogP contribution in [0.2, 0.25) is 0 Å². The molecule has 2 amide bonds. The fourth-order valence-electron chi connectivity index (χ4n) is 5.79. The van der Waals surface area contributed by atoms with Gasteiger partial charge in [0.2, 0.25) is 5.91 Å². The topological polar surface area (TPSA) is 86.9 Å². The molecule has 2 saturated heterocycles. The van der Waals surface area contributed by atoms with Crippen molar-refractivity contribution in [2.24, 2.45) is 5.92 Å². The Hall–Kier alpha value is -3.00. The van der Waals surface area contributed by atoms with Crippen molar-refractivity contribution in [2.45, 2.75) is 44.2 Å². The molecule has 3 aliphatic rings. The van der Waals surface area contributed by atoms with Gasteiger partial charge in [-0.15, -0.1) is 0 Å². The van der Waals surface area contributed by atoms with E-state index in [0.717, 1.165) is 43.7 Å². The quantitative estimate of drug-likeness (QED) is 0.711. The highest BCUT2D eigenvalue weighted by atomic mass is 16.5. The van der Waals surface area contributed by atoms with Gasteiger partial charge in [-0.05, 0) is 74.4 Å². The van der Waals surface area contributed by atoms with Crippen molar-refractivity contribution in [3.63, 3.8) is 0 Å². The number of ether oxygens (including phenoxy) is 2. The molecule has 0 unspecified atom stereocenters. The van der Waals surface area contributed by atoms with Crippen molar-refractivity contribution in [1.29, 1.82) is 0 Å². The van der Waals surface area contributed by atoms with Crippen LogP contribution in [0, 0.1) is 5.92 Å². The van der Waals surface area contributed by atoms with E-state index in [0.29, 0.717) is 43.4 Å². The van der Waals surface area contributed by atoms with Crippen LogP contribution in [0.25, 0.3) is 0 Å². The molecule has 2 aromatic rings. The molecule has 0 saturated carbocycles. The minimum absolute atomic E-state index is 0.0656. The number of nitrogens with one attached hydrogen (secondary N) is 2. The van der Waals surface area contributed by atoms with Crippen LogP contribution in [0.3, 0.4) is 0 Å². The zero-order chi connectivity index (χ0) is 23.5. The number of nitrogens with zero attached hydrogens (tertiary/aromatic N) is 2. The van der Waals surface area contributed by atoms with E-state index >= 15 is 0 Å². The summed E-state index contributed by atoms with van der Waals surface area (Å²) < 4.78 is 11.7. The average Bonchev–Trinajstić information content (AvgIpc) is 3.60. The molecule has 0 radical (unpaired) electrons. The maximum absolute atomic E-state index is 13.0. The minimum atomic E-state index is -0.153. The highest BCUT2D eigenvalue weighted by Crippen LogP contribution is 2.46. The van der Waals surface area contributed by atoms with Gasteiger partial charge in [0.05, 0.1) is 20.3 Å². The third-order valence-corrected chi connectivity index (χ3v) is 7.48. The molecule has 1 aromatic heterocycles. The number of carbonyl (C=O) groups is 2. The first-order valence-electron chi connectivity index (χ1n) is 12.4. The maximum Gasteiger partial charge on any atom is 0.270 e. The van der Waals surface area contributed by atoms with Crippen LogP contribution in [-0.4, -0.2) is 72.5 Å². The Balaban J connectivity index is 1.38. The van der Waals surface area contributed by atoms with Crippen LogP contribution in [-0.2, 0) is 4.79 Å². The van der Waals surface area contributed by atoms with Crippen molar-refractivity contribution in [2.75, 3.05) is 39.9 Å². The zero-order valence-electron chi connectivity index (χ0n) is 19.8. The number of hydrogen-bond donors (Lipinski definition) is 2. The summed E-state index contributed by atoms with van der Waals surface area (Å²) in [5, 5.41) is 3.15. The normalized spacial score (nSPS) is 26.0. The summed E-state index contributed by atoms with van der Waals surface area (Å²) in [7, 11) is 1.67. The molecule has 34 heavy (non-hydrogen) atoms. The number of methoxy groups -OCH3 is 1. The summed E-state index contributed by atoms with van der Waals surface area (Å²) in [5.74, 6) is 1.66. The summed E-state index contributed by atoms with van der Waals surface area (Å²) in [6.07, 6.45) is 6.58. The summed E-state index contributed by atoms with van der Waals surface area (Å²) in [6.45, 7) is 2.81. The lowest BCUT2D eigenvalue weighted by molar-refractivity contribution is -0.122. The third kappa shape index (κ3) is 4.64. The average molecular weight is 467 g/mol. The predicted octanol–water partition coefficient (Wildman–Crippen LogP) is 2.98. The van der Waals surface area contributed by atoms with Gasteiger partial charge in [0.15, 0.2) is 11.5 Å². The first kappa shape index (κ1) is 22.8. The Morgan fingerprint density at radius 3 is 2.91 bits per heavy atom. The van der Waals surface area contributed by atoms with Crippen molar-refractivity contribution >= 4 is 11.8 Å². The third-order valence-electron chi connectivity index (χ3n) is 7.48. The van der Waals surface area contributed by atoms with Crippen LogP contribution < -0.4 is 14.8 Å².